The second-order valence-electron chi connectivity index (χ2n) is 20.5. The van der Waals surface area contributed by atoms with E-state index in [9.17, 15) is 24.0 Å². The predicted octanol–water partition coefficient (Wildman–Crippen LogP) is 5.04. The molecule has 71 heavy (non-hydrogen) atoms. The van der Waals surface area contributed by atoms with Crippen LogP contribution in [0.5, 0.6) is 0 Å². The number of amides is 3. The maximum Gasteiger partial charge on any atom is 0.329 e. The molecule has 4 saturated heterocycles. The van der Waals surface area contributed by atoms with Crippen LogP contribution in [0.25, 0.3) is 27.8 Å². The fourth-order valence-electron chi connectivity index (χ4n) is 12.1. The van der Waals surface area contributed by atoms with Crippen LogP contribution in [0.3, 0.4) is 0 Å². The lowest BCUT2D eigenvalue weighted by molar-refractivity contribution is -0.135. The lowest BCUT2D eigenvalue weighted by atomic mass is 9.87. The first kappa shape index (κ1) is 46.9. The Labute approximate surface area is 409 Å². The van der Waals surface area contributed by atoms with Crippen LogP contribution >= 0.6 is 0 Å². The molecule has 11 rings (SSSR count). The van der Waals surface area contributed by atoms with Gasteiger partial charge in [-0.05, 0) is 118 Å². The third-order valence-electron chi connectivity index (χ3n) is 16.2. The molecule has 1 unspecified atom stereocenters. The van der Waals surface area contributed by atoms with E-state index in [4.69, 9.17) is 0 Å². The normalized spacial score (nSPS) is 21.1. The third kappa shape index (κ3) is 8.77. The summed E-state index contributed by atoms with van der Waals surface area (Å²) in [6.07, 6.45) is 7.54. The Balaban J connectivity index is 0.657. The lowest BCUT2D eigenvalue weighted by Crippen LogP contribution is -2.53. The minimum Gasteiger partial charge on any atom is -0.384 e. The lowest BCUT2D eigenvalue weighted by Gasteiger charge is -2.42. The number of benzene rings is 2. The average Bonchev–Trinajstić information content (AvgIpc) is 4.04. The Morgan fingerprint density at radius 2 is 1.58 bits per heavy atom. The zero-order chi connectivity index (χ0) is 49.2. The van der Waals surface area contributed by atoms with Crippen molar-refractivity contribution in [2.45, 2.75) is 83.0 Å². The summed E-state index contributed by atoms with van der Waals surface area (Å²) >= 11 is 0. The number of anilines is 1. The molecule has 0 spiro atoms. The first-order chi connectivity index (χ1) is 34.3. The van der Waals surface area contributed by atoms with Crippen molar-refractivity contribution in [3.8, 4) is 5.69 Å². The van der Waals surface area contributed by atoms with Gasteiger partial charge in [0.05, 0.1) is 16.7 Å². The van der Waals surface area contributed by atoms with E-state index in [-0.39, 0.29) is 46.5 Å². The van der Waals surface area contributed by atoms with E-state index in [1.165, 1.54) is 16.7 Å². The number of nitrogens with one attached hydrogen (secondary N) is 2. The molecule has 0 saturated carbocycles. The second-order valence-corrected chi connectivity index (χ2v) is 20.5. The van der Waals surface area contributed by atoms with Crippen LogP contribution < -0.4 is 21.9 Å². The molecule has 5 aliphatic rings. The molecule has 6 aromatic rings. The van der Waals surface area contributed by atoms with Gasteiger partial charge in [0.15, 0.2) is 0 Å². The second kappa shape index (κ2) is 18.9. The van der Waals surface area contributed by atoms with E-state index in [1.807, 2.05) is 43.6 Å². The summed E-state index contributed by atoms with van der Waals surface area (Å²) in [7, 11) is 3.69. The van der Waals surface area contributed by atoms with E-state index in [0.29, 0.717) is 75.9 Å². The van der Waals surface area contributed by atoms with Crippen LogP contribution in [0.15, 0.2) is 70.5 Å². The minimum absolute atomic E-state index is 0.0241. The standard InChI is InChI=1S/C53H61F2N11O5/c1-32-28-62(29-34-4-5-44-46(24-34)60(3)53(71)66(44)45-6-7-47(67)58-50(45)68)22-23-64(32)30-33-10-19-63(20-11-33)51(69)36-25-40(54)48(41(55)26-36)35-12-17-61(18-13-35)31-37-27-39-43(9-16-57-49(39)59(37)2)65-21-14-42-38(52(65)70)8-15-56-42/h4-5,9,14,16,21,24-27,32-33,35,45,56H,6-8,10-13,15,17-20,22-23,28-31H2,1-3H3,(H,58,67,68)/t32-,45?/m0/s1. The Hall–Kier alpha value is -6.50. The first-order valence-electron chi connectivity index (χ1n) is 25.2. The van der Waals surface area contributed by atoms with Gasteiger partial charge in [-0.1, -0.05) is 6.07 Å². The van der Waals surface area contributed by atoms with E-state index in [0.717, 1.165) is 96.9 Å². The molecule has 2 N–H and O–H groups in total. The van der Waals surface area contributed by atoms with Crippen molar-refractivity contribution in [2.24, 2.45) is 20.0 Å². The van der Waals surface area contributed by atoms with Gasteiger partial charge in [0.2, 0.25) is 11.8 Å². The highest BCUT2D eigenvalue weighted by Crippen LogP contribution is 2.35. The number of carbonyl (C=O) groups excluding carboxylic acids is 3. The van der Waals surface area contributed by atoms with Crippen LogP contribution in [0.1, 0.15) is 90.2 Å². The molecule has 2 atom stereocenters. The number of aryl methyl sites for hydroxylation is 2. The minimum atomic E-state index is -0.718. The number of aromatic nitrogens is 5. The maximum atomic E-state index is 15.9. The number of fused-ring (bicyclic) bond motifs is 3. The fourth-order valence-corrected chi connectivity index (χ4v) is 12.1. The van der Waals surface area contributed by atoms with Crippen LogP contribution in [-0.2, 0) is 43.2 Å². The van der Waals surface area contributed by atoms with E-state index in [1.54, 1.807) is 27.3 Å². The highest BCUT2D eigenvalue weighted by Gasteiger charge is 2.34. The van der Waals surface area contributed by atoms with Crippen LogP contribution in [0.4, 0.5) is 14.5 Å². The maximum absolute atomic E-state index is 15.9. The number of hydrogen-bond donors (Lipinski definition) is 2. The molecule has 372 valence electrons. The van der Waals surface area contributed by atoms with Gasteiger partial charge < -0.3 is 14.8 Å². The number of rotatable bonds is 10. The topological polar surface area (TPSA) is 155 Å². The van der Waals surface area contributed by atoms with E-state index >= 15 is 8.78 Å². The molecule has 18 heteroatoms. The van der Waals surface area contributed by atoms with Crippen molar-refractivity contribution in [1.29, 1.82) is 0 Å². The summed E-state index contributed by atoms with van der Waals surface area (Å²) in [4.78, 5) is 78.4. The fraction of sp³-hybridized carbons (Fsp3) is 0.472. The molecule has 0 radical (unpaired) electrons. The Bertz CT molecular complexity index is 3190. The van der Waals surface area contributed by atoms with Gasteiger partial charge in [-0.25, -0.2) is 18.6 Å². The zero-order valence-electron chi connectivity index (χ0n) is 40.6. The molecule has 0 bridgehead atoms. The molecule has 5 aliphatic heterocycles. The average molecular weight is 970 g/mol. The Morgan fingerprint density at radius 1 is 0.803 bits per heavy atom. The van der Waals surface area contributed by atoms with Gasteiger partial charge in [-0.2, -0.15) is 0 Å². The Morgan fingerprint density at radius 3 is 2.32 bits per heavy atom. The van der Waals surface area contributed by atoms with Crippen LogP contribution in [0, 0.1) is 17.6 Å². The van der Waals surface area contributed by atoms with Gasteiger partial charge in [-0.3, -0.25) is 52.9 Å². The molecule has 16 nitrogen and oxygen atoms in total. The number of pyridine rings is 2. The number of piperidine rings is 3. The van der Waals surface area contributed by atoms with Gasteiger partial charge in [0, 0.05) is 131 Å². The zero-order valence-corrected chi connectivity index (χ0v) is 40.6. The van der Waals surface area contributed by atoms with Crippen molar-refractivity contribution < 1.29 is 23.2 Å². The summed E-state index contributed by atoms with van der Waals surface area (Å²) in [6, 6.07) is 13.9. The summed E-state index contributed by atoms with van der Waals surface area (Å²) < 4.78 is 38.6. The molecule has 2 aromatic carbocycles. The number of halogens is 2. The van der Waals surface area contributed by atoms with Crippen molar-refractivity contribution in [1.82, 2.24) is 48.2 Å². The highest BCUT2D eigenvalue weighted by molar-refractivity contribution is 6.00. The largest absolute Gasteiger partial charge is 0.384 e. The van der Waals surface area contributed by atoms with Gasteiger partial charge in [-0.15, -0.1) is 0 Å². The number of nitrogens with zero attached hydrogens (tertiary/aromatic N) is 9. The van der Waals surface area contributed by atoms with E-state index in [2.05, 4.69) is 47.9 Å². The number of carbonyl (C=O) groups is 3. The number of piperazine rings is 1. The highest BCUT2D eigenvalue weighted by atomic mass is 19.1. The number of hydrogen-bond acceptors (Lipinski definition) is 10. The van der Waals surface area contributed by atoms with Crippen molar-refractivity contribution >= 4 is 45.5 Å². The molecule has 3 amide bonds. The van der Waals surface area contributed by atoms with Gasteiger partial charge in [0.1, 0.15) is 23.3 Å². The van der Waals surface area contributed by atoms with Gasteiger partial charge >= 0.3 is 5.69 Å². The monoisotopic (exact) mass is 969 g/mol. The molecular formula is C53H61F2N11O5. The van der Waals surface area contributed by atoms with Crippen molar-refractivity contribution in [3.05, 3.63) is 121 Å². The summed E-state index contributed by atoms with van der Waals surface area (Å²) in [6.45, 7) is 10.3. The Kier molecular flexibility index (Phi) is 12.5. The van der Waals surface area contributed by atoms with Crippen LogP contribution in [0.2, 0.25) is 0 Å². The molecule has 0 aliphatic carbocycles. The summed E-state index contributed by atoms with van der Waals surface area (Å²) in [5.74, 6) is -2.31. The van der Waals surface area contributed by atoms with Crippen molar-refractivity contribution in [2.75, 3.05) is 64.2 Å². The molecule has 4 fully saturated rings. The number of imide groups is 1. The van der Waals surface area contributed by atoms with Crippen molar-refractivity contribution in [3.63, 3.8) is 0 Å². The quantitative estimate of drug-likeness (QED) is 0.179. The van der Waals surface area contributed by atoms with Crippen LogP contribution in [-0.4, -0.2) is 126 Å². The SMILES string of the molecule is C[C@H]1CN(Cc2ccc3c(c2)n(C)c(=O)n3C2CCC(=O)NC2=O)CCN1CC1CCN(C(=O)c2cc(F)c(C3CCN(Cc4cc5c(-n6ccc7c(c6=O)CCN7)ccnc5n4C)CC3)c(F)c2)CC1. The first-order valence-corrected chi connectivity index (χ1v) is 25.2. The molecule has 9 heterocycles. The summed E-state index contributed by atoms with van der Waals surface area (Å²) in [5, 5.41) is 6.53. The van der Waals surface area contributed by atoms with Gasteiger partial charge in [0.25, 0.3) is 11.5 Å². The number of imidazole rings is 1. The third-order valence-corrected chi connectivity index (χ3v) is 16.2. The van der Waals surface area contributed by atoms with E-state index < -0.39 is 23.6 Å². The molecular weight excluding hydrogens is 909 g/mol. The predicted molar refractivity (Wildman–Crippen MR) is 266 cm³/mol. The molecule has 4 aromatic heterocycles. The number of likely N-dealkylation sites (tertiary alicyclic amines) is 2. The smallest absolute Gasteiger partial charge is 0.329 e. The summed E-state index contributed by atoms with van der Waals surface area (Å²) in [5.41, 5.74) is 6.62.